The zero-order valence-electron chi connectivity index (χ0n) is 15.4. The second-order valence-corrected chi connectivity index (χ2v) is 7.28. The maximum atomic E-state index is 11.9. The second kappa shape index (κ2) is 7.49. The highest BCUT2D eigenvalue weighted by molar-refractivity contribution is 6.33. The fraction of sp³-hybridized carbons (Fsp3) is 0.130. The van der Waals surface area contributed by atoms with Crippen LogP contribution in [0.15, 0.2) is 66.9 Å². The van der Waals surface area contributed by atoms with Crippen molar-refractivity contribution in [2.75, 3.05) is 0 Å². The van der Waals surface area contributed by atoms with Gasteiger partial charge in [-0.3, -0.25) is 4.68 Å². The fourth-order valence-electron chi connectivity index (χ4n) is 3.36. The molecule has 1 aromatic heterocycles. The zero-order chi connectivity index (χ0) is 19.7. The summed E-state index contributed by atoms with van der Waals surface area (Å²) in [4.78, 5) is 11.9. The Hall–Kier alpha value is -3.11. The van der Waals surface area contributed by atoms with Crippen molar-refractivity contribution in [1.29, 1.82) is 0 Å². The first kappa shape index (κ1) is 18.3. The number of hydrogen-bond donors (Lipinski definition) is 1. The lowest BCUT2D eigenvalue weighted by Gasteiger charge is -2.07. The first-order chi connectivity index (χ1) is 13.5. The van der Waals surface area contributed by atoms with Crippen molar-refractivity contribution in [2.45, 2.75) is 19.9 Å². The molecule has 0 spiro atoms. The molecule has 0 radical (unpaired) electrons. The number of aryl methyl sites for hydroxylation is 3. The van der Waals surface area contributed by atoms with Gasteiger partial charge in [-0.2, -0.15) is 5.10 Å². The largest absolute Gasteiger partial charge is 0.478 e. The average Bonchev–Trinajstić information content (AvgIpc) is 3.09. The third-order valence-electron chi connectivity index (χ3n) is 4.81. The first-order valence-electron chi connectivity index (χ1n) is 9.06. The van der Waals surface area contributed by atoms with Gasteiger partial charge in [0.2, 0.25) is 0 Å². The average molecular weight is 391 g/mol. The number of carboxylic acid groups (broad SMARTS) is 1. The van der Waals surface area contributed by atoms with Crippen LogP contribution in [0.5, 0.6) is 0 Å². The van der Waals surface area contributed by atoms with E-state index in [1.54, 1.807) is 6.07 Å². The molecule has 0 saturated heterocycles. The van der Waals surface area contributed by atoms with Gasteiger partial charge in [0.1, 0.15) is 0 Å². The van der Waals surface area contributed by atoms with Crippen LogP contribution in [0.25, 0.3) is 22.0 Å². The number of carbonyl (C=O) groups is 1. The number of nitrogens with zero attached hydrogens (tertiary/aromatic N) is 2. The van der Waals surface area contributed by atoms with Gasteiger partial charge < -0.3 is 5.11 Å². The maximum absolute atomic E-state index is 11.9. The second-order valence-electron chi connectivity index (χ2n) is 6.87. The molecular formula is C23H19ClN2O2. The standard InChI is InChI=1S/C23H19ClN2O2/c1-15-7-8-18(21(24)11-15)17-12-19(23(27)28)20-14-26(25-22(20)13-17)10-9-16-5-3-2-4-6-16/h2-8,11-14H,9-10H2,1H3,(H,27,28). The van der Waals surface area contributed by atoms with Crippen molar-refractivity contribution in [3.8, 4) is 11.1 Å². The number of halogens is 1. The van der Waals surface area contributed by atoms with Gasteiger partial charge in [-0.15, -0.1) is 0 Å². The van der Waals surface area contributed by atoms with Crippen molar-refractivity contribution in [3.05, 3.63) is 88.6 Å². The molecule has 1 heterocycles. The molecule has 0 fully saturated rings. The third kappa shape index (κ3) is 3.64. The predicted molar refractivity (Wildman–Crippen MR) is 112 cm³/mol. The van der Waals surface area contributed by atoms with Gasteiger partial charge in [0.15, 0.2) is 0 Å². The number of aromatic nitrogens is 2. The summed E-state index contributed by atoms with van der Waals surface area (Å²) in [6.07, 6.45) is 2.64. The van der Waals surface area contributed by atoms with E-state index in [1.165, 1.54) is 5.56 Å². The smallest absolute Gasteiger partial charge is 0.336 e. The monoisotopic (exact) mass is 390 g/mol. The number of fused-ring (bicyclic) bond motifs is 1. The Labute approximate surface area is 168 Å². The summed E-state index contributed by atoms with van der Waals surface area (Å²) in [5.74, 6) is -0.974. The van der Waals surface area contributed by atoms with E-state index in [2.05, 4.69) is 17.2 Å². The van der Waals surface area contributed by atoms with E-state index in [1.807, 2.05) is 60.3 Å². The first-order valence-corrected chi connectivity index (χ1v) is 9.44. The molecule has 0 bridgehead atoms. The molecule has 0 unspecified atom stereocenters. The Morgan fingerprint density at radius 2 is 1.89 bits per heavy atom. The van der Waals surface area contributed by atoms with Gasteiger partial charge in [-0.25, -0.2) is 4.79 Å². The zero-order valence-corrected chi connectivity index (χ0v) is 16.1. The van der Waals surface area contributed by atoms with E-state index >= 15 is 0 Å². The van der Waals surface area contributed by atoms with Crippen molar-refractivity contribution in [3.63, 3.8) is 0 Å². The quantitative estimate of drug-likeness (QED) is 0.482. The van der Waals surface area contributed by atoms with Gasteiger partial charge in [-0.1, -0.05) is 54.1 Å². The molecule has 1 N–H and O–H groups in total. The summed E-state index contributed by atoms with van der Waals surface area (Å²) in [6, 6.07) is 19.5. The summed E-state index contributed by atoms with van der Waals surface area (Å²) in [5, 5.41) is 15.6. The molecule has 0 aliphatic heterocycles. The normalized spacial score (nSPS) is 11.1. The van der Waals surface area contributed by atoms with Gasteiger partial charge in [-0.05, 0) is 48.2 Å². The number of hydrogen-bond acceptors (Lipinski definition) is 2. The molecule has 4 rings (SSSR count). The molecule has 140 valence electrons. The molecular weight excluding hydrogens is 372 g/mol. The van der Waals surface area contributed by atoms with Crippen LogP contribution in [0.4, 0.5) is 0 Å². The molecule has 3 aromatic carbocycles. The number of rotatable bonds is 5. The van der Waals surface area contributed by atoms with E-state index in [9.17, 15) is 9.90 Å². The molecule has 4 nitrogen and oxygen atoms in total. The lowest BCUT2D eigenvalue weighted by atomic mass is 9.99. The van der Waals surface area contributed by atoms with Crippen molar-refractivity contribution in [1.82, 2.24) is 9.78 Å². The Kier molecular flexibility index (Phi) is 4.88. The molecule has 0 aliphatic rings. The van der Waals surface area contributed by atoms with E-state index in [-0.39, 0.29) is 5.56 Å². The Morgan fingerprint density at radius 1 is 1.11 bits per heavy atom. The molecule has 28 heavy (non-hydrogen) atoms. The molecule has 4 aromatic rings. The van der Waals surface area contributed by atoms with E-state index in [0.29, 0.717) is 22.5 Å². The molecule has 0 aliphatic carbocycles. The topological polar surface area (TPSA) is 55.1 Å². The summed E-state index contributed by atoms with van der Waals surface area (Å²) in [7, 11) is 0. The van der Waals surface area contributed by atoms with Crippen molar-refractivity contribution >= 4 is 28.5 Å². The molecule has 0 amide bonds. The lowest BCUT2D eigenvalue weighted by molar-refractivity contribution is 0.0699. The predicted octanol–water partition coefficient (Wildman–Crippen LogP) is 5.61. The third-order valence-corrected chi connectivity index (χ3v) is 5.12. The number of carboxylic acids is 1. The van der Waals surface area contributed by atoms with Crippen LogP contribution in [-0.4, -0.2) is 20.9 Å². The highest BCUT2D eigenvalue weighted by Gasteiger charge is 2.16. The van der Waals surface area contributed by atoms with Crippen LogP contribution in [0.2, 0.25) is 5.02 Å². The van der Waals surface area contributed by atoms with Crippen LogP contribution in [0.1, 0.15) is 21.5 Å². The minimum absolute atomic E-state index is 0.232. The Morgan fingerprint density at radius 3 is 2.61 bits per heavy atom. The van der Waals surface area contributed by atoms with Crippen LogP contribution in [0, 0.1) is 6.92 Å². The highest BCUT2D eigenvalue weighted by Crippen LogP contribution is 2.32. The molecule has 5 heteroatoms. The Bertz CT molecular complexity index is 1170. The molecule has 0 atom stereocenters. The van der Waals surface area contributed by atoms with Crippen LogP contribution in [0.3, 0.4) is 0 Å². The van der Waals surface area contributed by atoms with E-state index in [0.717, 1.165) is 23.1 Å². The van der Waals surface area contributed by atoms with E-state index in [4.69, 9.17) is 11.6 Å². The number of aromatic carboxylic acids is 1. The van der Waals surface area contributed by atoms with Crippen LogP contribution in [-0.2, 0) is 13.0 Å². The maximum Gasteiger partial charge on any atom is 0.336 e. The van der Waals surface area contributed by atoms with Crippen molar-refractivity contribution in [2.24, 2.45) is 0 Å². The van der Waals surface area contributed by atoms with Gasteiger partial charge in [0, 0.05) is 28.7 Å². The van der Waals surface area contributed by atoms with Gasteiger partial charge in [0.05, 0.1) is 11.1 Å². The summed E-state index contributed by atoms with van der Waals surface area (Å²) >= 11 is 6.40. The minimum atomic E-state index is -0.974. The van der Waals surface area contributed by atoms with Gasteiger partial charge >= 0.3 is 5.97 Å². The number of benzene rings is 3. The Balaban J connectivity index is 1.74. The van der Waals surface area contributed by atoms with Crippen LogP contribution < -0.4 is 0 Å². The summed E-state index contributed by atoms with van der Waals surface area (Å²) < 4.78 is 1.81. The van der Waals surface area contributed by atoms with E-state index < -0.39 is 5.97 Å². The SMILES string of the molecule is Cc1ccc(-c2cc(C(=O)O)c3cn(CCc4ccccc4)nc3c2)c(Cl)c1. The highest BCUT2D eigenvalue weighted by atomic mass is 35.5. The lowest BCUT2D eigenvalue weighted by Crippen LogP contribution is -2.01. The summed E-state index contributed by atoms with van der Waals surface area (Å²) in [6.45, 7) is 2.65. The summed E-state index contributed by atoms with van der Waals surface area (Å²) in [5.41, 5.74) is 4.71. The minimum Gasteiger partial charge on any atom is -0.478 e. The van der Waals surface area contributed by atoms with Gasteiger partial charge in [0.25, 0.3) is 0 Å². The van der Waals surface area contributed by atoms with Crippen LogP contribution >= 0.6 is 11.6 Å². The molecule has 0 saturated carbocycles. The van der Waals surface area contributed by atoms with Crippen molar-refractivity contribution < 1.29 is 9.90 Å². The fourth-order valence-corrected chi connectivity index (χ4v) is 3.71.